The molecule has 3 rings (SSSR count). The molecule has 0 saturated carbocycles. The van der Waals surface area contributed by atoms with E-state index >= 15 is 0 Å². The molecule has 0 atom stereocenters. The number of benzene rings is 2. The Labute approximate surface area is 125 Å². The summed E-state index contributed by atoms with van der Waals surface area (Å²) in [5, 5.41) is 3.21. The number of aliphatic imine (C=N–C) groups is 1. The Morgan fingerprint density at radius 3 is 2.52 bits per heavy atom. The van der Waals surface area contributed by atoms with Gasteiger partial charge in [-0.3, -0.25) is 10.3 Å². The number of nitrogens with one attached hydrogen (secondary N) is 1. The van der Waals surface area contributed by atoms with Gasteiger partial charge in [0.2, 0.25) is 0 Å². The molecule has 21 heavy (non-hydrogen) atoms. The van der Waals surface area contributed by atoms with E-state index in [2.05, 4.69) is 54.5 Å². The minimum atomic E-state index is 0.600. The molecule has 3 nitrogen and oxygen atoms in total. The highest BCUT2D eigenvalue weighted by molar-refractivity contribution is 6.03. The average molecular weight is 280 g/mol. The molecule has 0 aliphatic carbocycles. The predicted molar refractivity (Wildman–Crippen MR) is 86.1 cm³/mol. The predicted octanol–water partition coefficient (Wildman–Crippen LogP) is 3.23. The van der Waals surface area contributed by atoms with Crippen molar-refractivity contribution in [1.82, 2.24) is 5.32 Å². The van der Waals surface area contributed by atoms with E-state index in [1.165, 1.54) is 22.3 Å². The summed E-state index contributed by atoms with van der Waals surface area (Å²) < 4.78 is 5.85. The Kier molecular flexibility index (Phi) is 4.02. The molecule has 0 amide bonds. The molecule has 108 valence electrons. The molecule has 0 spiro atoms. The molecule has 2 aromatic carbocycles. The molecule has 0 bridgehead atoms. The number of aryl methyl sites for hydroxylation is 2. The summed E-state index contributed by atoms with van der Waals surface area (Å²) >= 11 is 0. The highest BCUT2D eigenvalue weighted by Gasteiger charge is 2.08. The van der Waals surface area contributed by atoms with Gasteiger partial charge in [0.05, 0.1) is 12.4 Å². The van der Waals surface area contributed by atoms with Crippen molar-refractivity contribution in [3.8, 4) is 5.75 Å². The van der Waals surface area contributed by atoms with Crippen LogP contribution in [0, 0.1) is 13.8 Å². The standard InChI is InChI=1S/C18H20N2O/c1-13-3-4-15(9-14(13)2)11-21-17-7-5-16(6-8-17)18-10-19-12-20-18/h3-9,19H,10-12H2,1-2H3. The summed E-state index contributed by atoms with van der Waals surface area (Å²) in [6.45, 7) is 6.43. The van der Waals surface area contributed by atoms with E-state index in [-0.39, 0.29) is 0 Å². The van der Waals surface area contributed by atoms with Crippen molar-refractivity contribution in [1.29, 1.82) is 0 Å². The fraction of sp³-hybridized carbons (Fsp3) is 0.278. The van der Waals surface area contributed by atoms with Crippen LogP contribution in [0.1, 0.15) is 22.3 Å². The zero-order chi connectivity index (χ0) is 14.7. The zero-order valence-electron chi connectivity index (χ0n) is 12.5. The van der Waals surface area contributed by atoms with Crippen LogP contribution >= 0.6 is 0 Å². The smallest absolute Gasteiger partial charge is 0.119 e. The van der Waals surface area contributed by atoms with Gasteiger partial charge in [-0.1, -0.05) is 18.2 Å². The molecule has 0 radical (unpaired) electrons. The van der Waals surface area contributed by atoms with Crippen LogP contribution in [0.25, 0.3) is 0 Å². The monoisotopic (exact) mass is 280 g/mol. The van der Waals surface area contributed by atoms with Crippen LogP contribution < -0.4 is 10.1 Å². The lowest BCUT2D eigenvalue weighted by Gasteiger charge is -2.09. The third-order valence-electron chi connectivity index (χ3n) is 3.84. The molecular formula is C18H20N2O. The van der Waals surface area contributed by atoms with Crippen molar-refractivity contribution in [2.45, 2.75) is 20.5 Å². The van der Waals surface area contributed by atoms with Crippen LogP contribution in [0.15, 0.2) is 47.5 Å². The quantitative estimate of drug-likeness (QED) is 0.933. The summed E-state index contributed by atoms with van der Waals surface area (Å²) in [7, 11) is 0. The van der Waals surface area contributed by atoms with E-state index in [4.69, 9.17) is 4.74 Å². The highest BCUT2D eigenvalue weighted by atomic mass is 16.5. The molecule has 1 heterocycles. The normalized spacial score (nSPS) is 14.1. The first-order chi connectivity index (χ1) is 10.2. The summed E-state index contributed by atoms with van der Waals surface area (Å²) in [4.78, 5) is 4.41. The molecule has 2 aromatic rings. The van der Waals surface area contributed by atoms with E-state index in [1.54, 1.807) is 0 Å². The Morgan fingerprint density at radius 2 is 1.86 bits per heavy atom. The minimum Gasteiger partial charge on any atom is -0.489 e. The molecule has 1 aliphatic heterocycles. The molecular weight excluding hydrogens is 260 g/mol. The number of ether oxygens (including phenoxy) is 1. The summed E-state index contributed by atoms with van der Waals surface area (Å²) in [6, 6.07) is 14.6. The zero-order valence-corrected chi connectivity index (χ0v) is 12.5. The van der Waals surface area contributed by atoms with Gasteiger partial charge in [-0.05, 0) is 60.4 Å². The molecule has 0 fully saturated rings. The van der Waals surface area contributed by atoms with E-state index in [0.29, 0.717) is 6.61 Å². The van der Waals surface area contributed by atoms with Gasteiger partial charge in [0.15, 0.2) is 0 Å². The van der Waals surface area contributed by atoms with Crippen LogP contribution in [-0.2, 0) is 6.61 Å². The second-order valence-corrected chi connectivity index (χ2v) is 5.42. The van der Waals surface area contributed by atoms with Crippen molar-refractivity contribution in [2.24, 2.45) is 4.99 Å². The Balaban J connectivity index is 1.63. The lowest BCUT2D eigenvalue weighted by atomic mass is 10.1. The molecule has 3 heteroatoms. The van der Waals surface area contributed by atoms with E-state index < -0.39 is 0 Å². The third-order valence-corrected chi connectivity index (χ3v) is 3.84. The molecule has 1 N–H and O–H groups in total. The number of hydrogen-bond acceptors (Lipinski definition) is 3. The second-order valence-electron chi connectivity index (χ2n) is 5.42. The average Bonchev–Trinajstić information content (AvgIpc) is 3.03. The molecule has 0 unspecified atom stereocenters. The molecule has 0 saturated heterocycles. The Morgan fingerprint density at radius 1 is 1.05 bits per heavy atom. The van der Waals surface area contributed by atoms with E-state index in [0.717, 1.165) is 24.7 Å². The fourth-order valence-electron chi connectivity index (χ4n) is 2.38. The van der Waals surface area contributed by atoms with Gasteiger partial charge >= 0.3 is 0 Å². The summed E-state index contributed by atoms with van der Waals surface area (Å²) in [5.74, 6) is 0.892. The molecule has 0 aromatic heterocycles. The lowest BCUT2D eigenvalue weighted by Crippen LogP contribution is -2.13. The van der Waals surface area contributed by atoms with Crippen LogP contribution in [0.5, 0.6) is 5.75 Å². The Bertz CT molecular complexity index is 659. The van der Waals surface area contributed by atoms with Crippen LogP contribution in [0.2, 0.25) is 0 Å². The van der Waals surface area contributed by atoms with Crippen LogP contribution in [0.4, 0.5) is 0 Å². The van der Waals surface area contributed by atoms with E-state index in [9.17, 15) is 0 Å². The third kappa shape index (κ3) is 3.31. The van der Waals surface area contributed by atoms with Crippen LogP contribution in [0.3, 0.4) is 0 Å². The van der Waals surface area contributed by atoms with Gasteiger partial charge in [-0.25, -0.2) is 0 Å². The van der Waals surface area contributed by atoms with Crippen molar-refractivity contribution in [2.75, 3.05) is 13.2 Å². The maximum atomic E-state index is 5.85. The SMILES string of the molecule is Cc1ccc(COc2ccc(C3=NCNC3)cc2)cc1C. The van der Waals surface area contributed by atoms with Crippen molar-refractivity contribution >= 4 is 5.71 Å². The maximum Gasteiger partial charge on any atom is 0.119 e. The van der Waals surface area contributed by atoms with Gasteiger partial charge in [0, 0.05) is 6.54 Å². The number of nitrogens with zero attached hydrogens (tertiary/aromatic N) is 1. The largest absolute Gasteiger partial charge is 0.489 e. The lowest BCUT2D eigenvalue weighted by molar-refractivity contribution is 0.306. The van der Waals surface area contributed by atoms with E-state index in [1.807, 2.05) is 12.1 Å². The van der Waals surface area contributed by atoms with Crippen molar-refractivity contribution < 1.29 is 4.74 Å². The van der Waals surface area contributed by atoms with Gasteiger partial charge in [-0.2, -0.15) is 0 Å². The summed E-state index contributed by atoms with van der Waals surface area (Å²) in [6.07, 6.45) is 0. The fourth-order valence-corrected chi connectivity index (χ4v) is 2.38. The van der Waals surface area contributed by atoms with Gasteiger partial charge < -0.3 is 4.74 Å². The first kappa shape index (κ1) is 13.8. The number of rotatable bonds is 4. The maximum absolute atomic E-state index is 5.85. The first-order valence-electron chi connectivity index (χ1n) is 7.26. The van der Waals surface area contributed by atoms with Crippen molar-refractivity contribution in [3.63, 3.8) is 0 Å². The van der Waals surface area contributed by atoms with Crippen molar-refractivity contribution in [3.05, 3.63) is 64.7 Å². The van der Waals surface area contributed by atoms with Gasteiger partial charge in [0.1, 0.15) is 12.4 Å². The molecule has 1 aliphatic rings. The van der Waals surface area contributed by atoms with Gasteiger partial charge in [-0.15, -0.1) is 0 Å². The highest BCUT2D eigenvalue weighted by Crippen LogP contribution is 2.16. The van der Waals surface area contributed by atoms with Crippen LogP contribution in [-0.4, -0.2) is 18.9 Å². The second kappa shape index (κ2) is 6.10. The Hall–Kier alpha value is -2.13. The first-order valence-corrected chi connectivity index (χ1v) is 7.26. The number of hydrogen-bond donors (Lipinski definition) is 1. The minimum absolute atomic E-state index is 0.600. The summed E-state index contributed by atoms with van der Waals surface area (Å²) in [5.41, 5.74) is 6.10. The topological polar surface area (TPSA) is 33.6 Å². The van der Waals surface area contributed by atoms with Gasteiger partial charge in [0.25, 0.3) is 0 Å².